The molecule has 0 saturated heterocycles. The van der Waals surface area contributed by atoms with Gasteiger partial charge in [0.25, 0.3) is 0 Å². The van der Waals surface area contributed by atoms with Crippen LogP contribution in [0.25, 0.3) is 22.2 Å². The number of benzene rings is 1. The molecule has 1 N–H and O–H groups in total. The van der Waals surface area contributed by atoms with E-state index in [1.165, 1.54) is 28.8 Å². The molecule has 5 heteroatoms. The van der Waals surface area contributed by atoms with Crippen molar-refractivity contribution in [1.82, 2.24) is 15.0 Å². The molecule has 4 aromatic rings. The molecule has 0 unspecified atom stereocenters. The molecule has 0 aliphatic heterocycles. The van der Waals surface area contributed by atoms with E-state index in [0.717, 1.165) is 29.6 Å². The van der Waals surface area contributed by atoms with Crippen LogP contribution >= 0.6 is 0 Å². The second-order valence-corrected chi connectivity index (χ2v) is 7.48. The molecule has 0 radical (unpaired) electrons. The number of aryl methyl sites for hydroxylation is 1. The molecule has 0 bridgehead atoms. The first-order valence-electron chi connectivity index (χ1n) is 9.59. The largest absolute Gasteiger partial charge is 0.432 e. The first-order chi connectivity index (χ1) is 13.2. The smallest absolute Gasteiger partial charge is 0.229 e. The number of aromatic nitrogens is 3. The summed E-state index contributed by atoms with van der Waals surface area (Å²) in [4.78, 5) is 13.9. The van der Waals surface area contributed by atoms with Gasteiger partial charge in [0.1, 0.15) is 11.8 Å². The van der Waals surface area contributed by atoms with Gasteiger partial charge in [-0.2, -0.15) is 0 Å². The van der Waals surface area contributed by atoms with Crippen molar-refractivity contribution in [2.75, 3.05) is 5.32 Å². The third-order valence-corrected chi connectivity index (χ3v) is 5.35. The minimum atomic E-state index is 0.385. The molecule has 0 saturated carbocycles. The molecule has 1 aromatic carbocycles. The summed E-state index contributed by atoms with van der Waals surface area (Å²) >= 11 is 0. The van der Waals surface area contributed by atoms with Gasteiger partial charge < -0.3 is 9.73 Å². The van der Waals surface area contributed by atoms with E-state index in [9.17, 15) is 0 Å². The van der Waals surface area contributed by atoms with Gasteiger partial charge in [-0.05, 0) is 41.9 Å². The van der Waals surface area contributed by atoms with Crippen LogP contribution in [0, 0.1) is 0 Å². The summed E-state index contributed by atoms with van der Waals surface area (Å²) in [5.74, 6) is 1.11. The highest BCUT2D eigenvalue weighted by molar-refractivity contribution is 6.06. The predicted molar refractivity (Wildman–Crippen MR) is 107 cm³/mol. The highest BCUT2D eigenvalue weighted by atomic mass is 16.3. The van der Waals surface area contributed by atoms with E-state index in [-0.39, 0.29) is 0 Å². The van der Waals surface area contributed by atoms with E-state index in [2.05, 4.69) is 41.3 Å². The average Bonchev–Trinajstić information content (AvgIpc) is 3.30. The monoisotopic (exact) mass is 358 g/mol. The molecule has 0 atom stereocenters. The Labute approximate surface area is 157 Å². The molecule has 136 valence electrons. The number of hydrogen-bond acceptors (Lipinski definition) is 5. The minimum absolute atomic E-state index is 0.385. The third kappa shape index (κ3) is 2.65. The Balaban J connectivity index is 1.65. The molecular weight excluding hydrogens is 336 g/mol. The first kappa shape index (κ1) is 16.2. The van der Waals surface area contributed by atoms with E-state index in [4.69, 9.17) is 9.40 Å². The van der Waals surface area contributed by atoms with Crippen molar-refractivity contribution in [3.63, 3.8) is 0 Å². The Morgan fingerprint density at radius 1 is 1.07 bits per heavy atom. The fourth-order valence-corrected chi connectivity index (χ4v) is 4.11. The fraction of sp³-hybridized carbons (Fsp3) is 0.318. The Bertz CT molecular complexity index is 1130. The normalized spacial score (nSPS) is 13.6. The highest BCUT2D eigenvalue weighted by Crippen LogP contribution is 2.39. The number of nitrogens with zero attached hydrogens (tertiary/aromatic N) is 3. The van der Waals surface area contributed by atoms with E-state index in [1.54, 1.807) is 6.33 Å². The van der Waals surface area contributed by atoms with E-state index < -0.39 is 0 Å². The third-order valence-electron chi connectivity index (χ3n) is 5.35. The number of nitrogens with one attached hydrogen (secondary N) is 1. The lowest BCUT2D eigenvalue weighted by atomic mass is 9.99. The van der Waals surface area contributed by atoms with Gasteiger partial charge in [-0.3, -0.25) is 0 Å². The molecule has 3 heterocycles. The van der Waals surface area contributed by atoms with Crippen molar-refractivity contribution in [2.45, 2.75) is 45.6 Å². The zero-order valence-corrected chi connectivity index (χ0v) is 15.6. The van der Waals surface area contributed by atoms with Crippen LogP contribution in [0.15, 0.2) is 41.1 Å². The Morgan fingerprint density at radius 3 is 2.70 bits per heavy atom. The molecule has 1 aliphatic rings. The Hall–Kier alpha value is -2.95. The molecule has 1 aliphatic carbocycles. The number of anilines is 1. The van der Waals surface area contributed by atoms with Crippen LogP contribution < -0.4 is 5.32 Å². The predicted octanol–water partition coefficient (Wildman–Crippen LogP) is 5.00. The van der Waals surface area contributed by atoms with Crippen LogP contribution in [-0.2, 0) is 19.4 Å². The number of rotatable bonds is 4. The van der Waals surface area contributed by atoms with Gasteiger partial charge in [0.2, 0.25) is 5.71 Å². The van der Waals surface area contributed by atoms with Gasteiger partial charge in [0, 0.05) is 6.54 Å². The maximum Gasteiger partial charge on any atom is 0.229 e. The van der Waals surface area contributed by atoms with Gasteiger partial charge in [0.05, 0.1) is 11.1 Å². The van der Waals surface area contributed by atoms with Crippen LogP contribution in [0.2, 0.25) is 0 Å². The fourth-order valence-electron chi connectivity index (χ4n) is 4.11. The first-order valence-corrected chi connectivity index (χ1v) is 9.59. The van der Waals surface area contributed by atoms with Gasteiger partial charge in [-0.1, -0.05) is 44.2 Å². The van der Waals surface area contributed by atoms with Gasteiger partial charge in [-0.25, -0.2) is 15.0 Å². The molecule has 0 spiro atoms. The molecule has 3 aromatic heterocycles. The SMILES string of the molecule is CC(C)c1nc2oc3c(NCc4ccccc4)ncnc3c2c2c1CCC2. The van der Waals surface area contributed by atoms with Crippen LogP contribution in [0.3, 0.4) is 0 Å². The van der Waals surface area contributed by atoms with Crippen LogP contribution in [0.5, 0.6) is 0 Å². The number of hydrogen-bond donors (Lipinski definition) is 1. The average molecular weight is 358 g/mol. The maximum atomic E-state index is 6.19. The number of furan rings is 1. The topological polar surface area (TPSA) is 63.8 Å². The molecular formula is C22H22N4O. The van der Waals surface area contributed by atoms with Crippen LogP contribution in [0.4, 0.5) is 5.82 Å². The lowest BCUT2D eigenvalue weighted by Gasteiger charge is -2.10. The lowest BCUT2D eigenvalue weighted by molar-refractivity contribution is 0.644. The summed E-state index contributed by atoms with van der Waals surface area (Å²) in [5, 5.41) is 4.47. The molecule has 5 nitrogen and oxygen atoms in total. The van der Waals surface area contributed by atoms with Crippen molar-refractivity contribution in [3.05, 3.63) is 59.0 Å². The second kappa shape index (κ2) is 6.34. The van der Waals surface area contributed by atoms with Gasteiger partial charge >= 0.3 is 0 Å². The highest BCUT2D eigenvalue weighted by Gasteiger charge is 2.26. The summed E-state index contributed by atoms with van der Waals surface area (Å²) in [6.45, 7) is 5.08. The lowest BCUT2D eigenvalue weighted by Crippen LogP contribution is -2.02. The molecule has 0 amide bonds. The summed E-state index contributed by atoms with van der Waals surface area (Å²) in [7, 11) is 0. The minimum Gasteiger partial charge on any atom is -0.432 e. The standard InChI is InChI=1S/C22H22N4O/c1-13(2)18-16-10-6-9-15(16)17-19-20(27-22(17)26-18)21(25-12-24-19)23-11-14-7-4-3-5-8-14/h3-5,7-8,12-13H,6,9-11H2,1-2H3,(H,23,24,25). The zero-order valence-electron chi connectivity index (χ0n) is 15.6. The Kier molecular flexibility index (Phi) is 3.81. The summed E-state index contributed by atoms with van der Waals surface area (Å²) in [5.41, 5.74) is 7.40. The zero-order chi connectivity index (χ0) is 18.4. The molecule has 5 rings (SSSR count). The van der Waals surface area contributed by atoms with Gasteiger partial charge in [0.15, 0.2) is 11.4 Å². The molecule has 0 fully saturated rings. The van der Waals surface area contributed by atoms with E-state index in [0.29, 0.717) is 23.8 Å². The van der Waals surface area contributed by atoms with Crippen molar-refractivity contribution >= 4 is 28.0 Å². The van der Waals surface area contributed by atoms with Crippen molar-refractivity contribution in [3.8, 4) is 0 Å². The van der Waals surface area contributed by atoms with E-state index in [1.807, 2.05) is 18.2 Å². The Morgan fingerprint density at radius 2 is 1.89 bits per heavy atom. The van der Waals surface area contributed by atoms with Crippen LogP contribution in [-0.4, -0.2) is 15.0 Å². The number of fused-ring (bicyclic) bond motifs is 5. The molecule has 27 heavy (non-hydrogen) atoms. The number of pyridine rings is 1. The van der Waals surface area contributed by atoms with Crippen LogP contribution in [0.1, 0.15) is 48.6 Å². The quantitative estimate of drug-likeness (QED) is 0.556. The maximum absolute atomic E-state index is 6.19. The van der Waals surface area contributed by atoms with Gasteiger partial charge in [-0.15, -0.1) is 0 Å². The van der Waals surface area contributed by atoms with Crippen molar-refractivity contribution in [2.24, 2.45) is 0 Å². The summed E-state index contributed by atoms with van der Waals surface area (Å²) in [6, 6.07) is 10.3. The van der Waals surface area contributed by atoms with Crippen molar-refractivity contribution in [1.29, 1.82) is 0 Å². The second-order valence-electron chi connectivity index (χ2n) is 7.48. The van der Waals surface area contributed by atoms with Crippen molar-refractivity contribution < 1.29 is 4.42 Å². The van der Waals surface area contributed by atoms with E-state index >= 15 is 0 Å². The summed E-state index contributed by atoms with van der Waals surface area (Å²) in [6.07, 6.45) is 4.96. The summed E-state index contributed by atoms with van der Waals surface area (Å²) < 4.78 is 6.19.